The molecule has 0 amide bonds. The van der Waals surface area contributed by atoms with Gasteiger partial charge in [0.2, 0.25) is 0 Å². The summed E-state index contributed by atoms with van der Waals surface area (Å²) < 4.78 is 5.62. The van der Waals surface area contributed by atoms with E-state index in [0.29, 0.717) is 11.3 Å². The molecule has 0 radical (unpaired) electrons. The number of ether oxygens (including phenoxy) is 1. The van der Waals surface area contributed by atoms with Crippen LogP contribution in [-0.4, -0.2) is 17.0 Å². The molecule has 2 rings (SSSR count). The lowest BCUT2D eigenvalue weighted by Gasteiger charge is -2.09. The van der Waals surface area contributed by atoms with Crippen LogP contribution in [0.2, 0.25) is 0 Å². The van der Waals surface area contributed by atoms with E-state index in [-0.39, 0.29) is 12.3 Å². The van der Waals surface area contributed by atoms with Crippen molar-refractivity contribution in [3.05, 3.63) is 57.9 Å². The molecule has 6 nitrogen and oxygen atoms in total. The van der Waals surface area contributed by atoms with Crippen LogP contribution in [0.4, 0.5) is 11.4 Å². The zero-order valence-electron chi connectivity index (χ0n) is 11.3. The minimum atomic E-state index is -0.415. The molecule has 1 aromatic carbocycles. The van der Waals surface area contributed by atoms with E-state index >= 15 is 0 Å². The van der Waals surface area contributed by atoms with Crippen LogP contribution < -0.4 is 10.1 Å². The molecular formula is C14H15N3O3. The number of nitrogens with one attached hydrogen (secondary N) is 1. The number of nitro benzene ring substituents is 1. The van der Waals surface area contributed by atoms with Crippen LogP contribution in [0.5, 0.6) is 5.75 Å². The third kappa shape index (κ3) is 3.03. The molecule has 20 heavy (non-hydrogen) atoms. The van der Waals surface area contributed by atoms with Gasteiger partial charge in [0.25, 0.3) is 5.69 Å². The van der Waals surface area contributed by atoms with Crippen molar-refractivity contribution in [1.82, 2.24) is 4.98 Å². The number of anilines is 1. The van der Waals surface area contributed by atoms with Crippen LogP contribution in [-0.2, 0) is 6.61 Å². The molecule has 1 aromatic heterocycles. The molecule has 0 aliphatic heterocycles. The van der Waals surface area contributed by atoms with Gasteiger partial charge in [-0.25, -0.2) is 0 Å². The van der Waals surface area contributed by atoms with E-state index < -0.39 is 4.92 Å². The number of rotatable bonds is 5. The summed E-state index contributed by atoms with van der Waals surface area (Å²) in [5.41, 5.74) is 2.26. The molecule has 1 N–H and O–H groups in total. The van der Waals surface area contributed by atoms with Crippen molar-refractivity contribution in [2.75, 3.05) is 12.4 Å². The summed E-state index contributed by atoms with van der Waals surface area (Å²) in [5, 5.41) is 13.9. The monoisotopic (exact) mass is 273 g/mol. The first-order valence-electron chi connectivity index (χ1n) is 6.11. The van der Waals surface area contributed by atoms with Crippen molar-refractivity contribution < 1.29 is 9.66 Å². The highest BCUT2D eigenvalue weighted by Crippen LogP contribution is 2.27. The molecule has 0 unspecified atom stereocenters. The van der Waals surface area contributed by atoms with Gasteiger partial charge in [0.05, 0.1) is 16.2 Å². The van der Waals surface area contributed by atoms with E-state index in [2.05, 4.69) is 10.3 Å². The van der Waals surface area contributed by atoms with Crippen LogP contribution in [0, 0.1) is 17.0 Å². The molecule has 0 saturated carbocycles. The van der Waals surface area contributed by atoms with Crippen molar-refractivity contribution >= 4 is 11.4 Å². The summed E-state index contributed by atoms with van der Waals surface area (Å²) in [5.74, 6) is 0.496. The molecule has 0 fully saturated rings. The van der Waals surface area contributed by atoms with Gasteiger partial charge in [-0.15, -0.1) is 0 Å². The molecule has 0 saturated heterocycles. The third-order valence-corrected chi connectivity index (χ3v) is 2.93. The number of nitro groups is 1. The van der Waals surface area contributed by atoms with E-state index in [1.807, 2.05) is 19.2 Å². The maximum absolute atomic E-state index is 10.9. The fourth-order valence-electron chi connectivity index (χ4n) is 1.82. The van der Waals surface area contributed by atoms with Crippen molar-refractivity contribution in [1.29, 1.82) is 0 Å². The number of pyridine rings is 1. The summed E-state index contributed by atoms with van der Waals surface area (Å²) in [6, 6.07) is 8.50. The lowest BCUT2D eigenvalue weighted by Crippen LogP contribution is -2.01. The first-order valence-corrected chi connectivity index (χ1v) is 6.11. The topological polar surface area (TPSA) is 77.3 Å². The maximum Gasteiger partial charge on any atom is 0.276 e. The van der Waals surface area contributed by atoms with E-state index in [0.717, 1.165) is 11.4 Å². The standard InChI is InChI=1S/C14H15N3O3/c1-10-13(17(18)19)4-3-5-14(10)20-9-12-8-11(15-2)6-7-16-12/h3-8H,9H2,1-2H3,(H,15,16). The smallest absolute Gasteiger partial charge is 0.276 e. The van der Waals surface area contributed by atoms with Gasteiger partial charge < -0.3 is 10.1 Å². The molecule has 2 aromatic rings. The predicted molar refractivity (Wildman–Crippen MR) is 75.9 cm³/mol. The Balaban J connectivity index is 2.14. The van der Waals surface area contributed by atoms with Gasteiger partial charge in [-0.1, -0.05) is 6.07 Å². The Hall–Kier alpha value is -2.63. The number of hydrogen-bond acceptors (Lipinski definition) is 5. The second-order valence-electron chi connectivity index (χ2n) is 4.23. The molecule has 0 aliphatic rings. The van der Waals surface area contributed by atoms with E-state index in [1.54, 1.807) is 25.3 Å². The van der Waals surface area contributed by atoms with Gasteiger partial charge >= 0.3 is 0 Å². The average molecular weight is 273 g/mol. The molecule has 6 heteroatoms. The number of hydrogen-bond donors (Lipinski definition) is 1. The third-order valence-electron chi connectivity index (χ3n) is 2.93. The summed E-state index contributed by atoms with van der Waals surface area (Å²) in [6.45, 7) is 1.93. The first-order chi connectivity index (χ1) is 9.61. The van der Waals surface area contributed by atoms with E-state index in [1.165, 1.54) is 6.07 Å². The zero-order chi connectivity index (χ0) is 14.5. The highest BCUT2D eigenvalue weighted by Gasteiger charge is 2.14. The average Bonchev–Trinajstić information content (AvgIpc) is 2.46. The molecule has 0 aliphatic carbocycles. The minimum absolute atomic E-state index is 0.0550. The van der Waals surface area contributed by atoms with Crippen molar-refractivity contribution in [3.8, 4) is 5.75 Å². The lowest BCUT2D eigenvalue weighted by atomic mass is 10.2. The Bertz CT molecular complexity index is 629. The molecule has 0 spiro atoms. The van der Waals surface area contributed by atoms with Gasteiger partial charge in [-0.2, -0.15) is 0 Å². The van der Waals surface area contributed by atoms with Gasteiger partial charge in [0.15, 0.2) is 0 Å². The van der Waals surface area contributed by atoms with E-state index in [4.69, 9.17) is 4.74 Å². The summed E-state index contributed by atoms with van der Waals surface area (Å²) in [7, 11) is 1.82. The number of aromatic nitrogens is 1. The Labute approximate surface area is 116 Å². The zero-order valence-corrected chi connectivity index (χ0v) is 11.3. The Morgan fingerprint density at radius 2 is 2.20 bits per heavy atom. The lowest BCUT2D eigenvalue weighted by molar-refractivity contribution is -0.385. The summed E-state index contributed by atoms with van der Waals surface area (Å²) in [6.07, 6.45) is 1.69. The normalized spacial score (nSPS) is 10.1. The van der Waals surface area contributed by atoms with Gasteiger partial charge in [0, 0.05) is 25.0 Å². The molecule has 0 atom stereocenters. The van der Waals surface area contributed by atoms with Crippen LogP contribution in [0.25, 0.3) is 0 Å². The van der Waals surface area contributed by atoms with Crippen LogP contribution in [0.3, 0.4) is 0 Å². The van der Waals surface area contributed by atoms with Crippen molar-refractivity contribution in [3.63, 3.8) is 0 Å². The SMILES string of the molecule is CNc1ccnc(COc2cccc([N+](=O)[O-])c2C)c1. The molecule has 104 valence electrons. The Morgan fingerprint density at radius 3 is 2.90 bits per heavy atom. The fraction of sp³-hybridized carbons (Fsp3) is 0.214. The summed E-state index contributed by atoms with van der Waals surface area (Å²) >= 11 is 0. The second kappa shape index (κ2) is 6.01. The van der Waals surface area contributed by atoms with Crippen LogP contribution >= 0.6 is 0 Å². The number of nitrogens with zero attached hydrogens (tertiary/aromatic N) is 2. The molecule has 0 bridgehead atoms. The van der Waals surface area contributed by atoms with Crippen LogP contribution in [0.15, 0.2) is 36.5 Å². The second-order valence-corrected chi connectivity index (χ2v) is 4.23. The highest BCUT2D eigenvalue weighted by atomic mass is 16.6. The fourth-order valence-corrected chi connectivity index (χ4v) is 1.82. The van der Waals surface area contributed by atoms with Gasteiger partial charge in [-0.05, 0) is 25.1 Å². The molecular weight excluding hydrogens is 258 g/mol. The quantitative estimate of drug-likeness (QED) is 0.669. The predicted octanol–water partition coefficient (Wildman–Crippen LogP) is 2.92. The van der Waals surface area contributed by atoms with Gasteiger partial charge in [-0.3, -0.25) is 15.1 Å². The van der Waals surface area contributed by atoms with E-state index in [9.17, 15) is 10.1 Å². The highest BCUT2D eigenvalue weighted by molar-refractivity contribution is 5.48. The first kappa shape index (κ1) is 13.8. The van der Waals surface area contributed by atoms with Crippen molar-refractivity contribution in [2.45, 2.75) is 13.5 Å². The summed E-state index contributed by atoms with van der Waals surface area (Å²) in [4.78, 5) is 14.6. The minimum Gasteiger partial charge on any atom is -0.487 e. The number of benzene rings is 1. The van der Waals surface area contributed by atoms with Crippen LogP contribution in [0.1, 0.15) is 11.3 Å². The van der Waals surface area contributed by atoms with Crippen molar-refractivity contribution in [2.24, 2.45) is 0 Å². The molecule has 1 heterocycles. The maximum atomic E-state index is 10.9. The Kier molecular flexibility index (Phi) is 4.14. The van der Waals surface area contributed by atoms with Gasteiger partial charge in [0.1, 0.15) is 12.4 Å². The Morgan fingerprint density at radius 1 is 1.40 bits per heavy atom. The largest absolute Gasteiger partial charge is 0.487 e.